The van der Waals surface area contributed by atoms with Crippen molar-refractivity contribution in [1.82, 2.24) is 15.1 Å². The maximum atomic E-state index is 12.7. The maximum absolute atomic E-state index is 12.7. The molecule has 3 heterocycles. The van der Waals surface area contributed by atoms with Gasteiger partial charge in [0.15, 0.2) is 5.54 Å². The van der Waals surface area contributed by atoms with E-state index >= 15 is 0 Å². The van der Waals surface area contributed by atoms with Crippen molar-refractivity contribution in [2.45, 2.75) is 38.3 Å². The predicted molar refractivity (Wildman–Crippen MR) is 87.1 cm³/mol. The van der Waals surface area contributed by atoms with E-state index in [1.807, 2.05) is 0 Å². The average Bonchev–Trinajstić information content (AvgIpc) is 3.14. The summed E-state index contributed by atoms with van der Waals surface area (Å²) in [6.07, 6.45) is 2.94. The van der Waals surface area contributed by atoms with Crippen LogP contribution in [0.5, 0.6) is 0 Å². The third kappa shape index (κ3) is 3.18. The number of β-amino-alcohol motifs (C(OH)–C–C–N with tert-alkyl or cyclic N) is 1. The Morgan fingerprint density at radius 3 is 2.71 bits per heavy atom. The van der Waals surface area contributed by atoms with Crippen LogP contribution in [0.25, 0.3) is 0 Å². The van der Waals surface area contributed by atoms with Crippen LogP contribution in [0.15, 0.2) is 22.8 Å². The Hall–Kier alpha value is -1.86. The first kappa shape index (κ1) is 17.0. The number of nitrogens with one attached hydrogen (secondary N) is 1. The summed E-state index contributed by atoms with van der Waals surface area (Å²) in [5.41, 5.74) is -1.21. The lowest BCUT2D eigenvalue weighted by atomic mass is 9.98. The summed E-state index contributed by atoms with van der Waals surface area (Å²) in [7, 11) is 0. The molecular formula is C17H25N3O4. The molecule has 2 fully saturated rings. The zero-order chi connectivity index (χ0) is 17.3. The molecule has 0 bridgehead atoms. The highest BCUT2D eigenvalue weighted by Gasteiger charge is 2.51. The number of urea groups is 1. The van der Waals surface area contributed by atoms with Gasteiger partial charge in [-0.15, -0.1) is 0 Å². The van der Waals surface area contributed by atoms with Gasteiger partial charge in [0.1, 0.15) is 5.76 Å². The van der Waals surface area contributed by atoms with E-state index < -0.39 is 23.6 Å². The minimum atomic E-state index is -1.21. The number of hydrogen-bond donors (Lipinski definition) is 2. The van der Waals surface area contributed by atoms with Crippen LogP contribution in [0, 0.1) is 5.92 Å². The average molecular weight is 335 g/mol. The van der Waals surface area contributed by atoms with Crippen molar-refractivity contribution in [1.29, 1.82) is 0 Å². The van der Waals surface area contributed by atoms with Crippen LogP contribution in [0.3, 0.4) is 0 Å². The van der Waals surface area contributed by atoms with Gasteiger partial charge in [-0.3, -0.25) is 9.69 Å². The van der Waals surface area contributed by atoms with E-state index in [-0.39, 0.29) is 6.54 Å². The third-order valence-corrected chi connectivity index (χ3v) is 5.03. The SMILES string of the molecule is CC1CCN(C[C@H](O)CN2C(=O)N[C@](C)(c3ccco3)C2=O)CC1. The Morgan fingerprint density at radius 2 is 2.08 bits per heavy atom. The lowest BCUT2D eigenvalue weighted by Gasteiger charge is -2.32. The van der Waals surface area contributed by atoms with Crippen molar-refractivity contribution in [2.24, 2.45) is 5.92 Å². The van der Waals surface area contributed by atoms with Crippen molar-refractivity contribution >= 4 is 11.9 Å². The Bertz CT molecular complexity index is 595. The fraction of sp³-hybridized carbons (Fsp3) is 0.647. The molecule has 0 radical (unpaired) electrons. The van der Waals surface area contributed by atoms with Gasteiger partial charge in [0.05, 0.1) is 18.9 Å². The van der Waals surface area contributed by atoms with Crippen molar-refractivity contribution in [3.05, 3.63) is 24.2 Å². The van der Waals surface area contributed by atoms with E-state index in [9.17, 15) is 14.7 Å². The van der Waals surface area contributed by atoms with Crippen molar-refractivity contribution in [3.63, 3.8) is 0 Å². The molecule has 3 rings (SSSR count). The number of imide groups is 1. The second-order valence-corrected chi connectivity index (χ2v) is 7.09. The van der Waals surface area contributed by atoms with Crippen LogP contribution in [0.1, 0.15) is 32.4 Å². The molecule has 7 nitrogen and oxygen atoms in total. The van der Waals surface area contributed by atoms with Gasteiger partial charge in [0.25, 0.3) is 5.91 Å². The highest BCUT2D eigenvalue weighted by molar-refractivity contribution is 6.06. The van der Waals surface area contributed by atoms with Crippen LogP contribution in [-0.2, 0) is 10.3 Å². The quantitative estimate of drug-likeness (QED) is 0.788. The molecule has 3 amide bonds. The van der Waals surface area contributed by atoms with E-state index in [0.717, 1.165) is 36.7 Å². The van der Waals surface area contributed by atoms with Gasteiger partial charge >= 0.3 is 6.03 Å². The number of carbonyl (C=O) groups excluding carboxylic acids is 2. The lowest BCUT2D eigenvalue weighted by Crippen LogP contribution is -2.45. The standard InChI is InChI=1S/C17H25N3O4/c1-12-5-7-19(8-6-12)10-13(21)11-20-15(22)17(2,18-16(20)23)14-4-3-9-24-14/h3-4,9,12-13,21H,5-8,10-11H2,1-2H3,(H,18,23)/t13-,17+/m0/s1. The molecule has 0 aromatic carbocycles. The van der Waals surface area contributed by atoms with E-state index in [1.165, 1.54) is 6.26 Å². The number of aliphatic hydroxyl groups is 1. The molecule has 24 heavy (non-hydrogen) atoms. The molecule has 7 heteroatoms. The van der Waals surface area contributed by atoms with Gasteiger partial charge in [-0.05, 0) is 50.9 Å². The lowest BCUT2D eigenvalue weighted by molar-refractivity contribution is -0.132. The van der Waals surface area contributed by atoms with Crippen molar-refractivity contribution < 1.29 is 19.1 Å². The molecule has 2 aliphatic heterocycles. The fourth-order valence-corrected chi connectivity index (χ4v) is 3.40. The molecule has 1 aromatic rings. The molecule has 132 valence electrons. The largest absolute Gasteiger partial charge is 0.466 e. The molecule has 2 aliphatic rings. The van der Waals surface area contributed by atoms with Gasteiger partial charge in [0, 0.05) is 6.54 Å². The summed E-state index contributed by atoms with van der Waals surface area (Å²) in [5, 5.41) is 13.0. The number of rotatable bonds is 5. The van der Waals surface area contributed by atoms with Crippen LogP contribution in [0.2, 0.25) is 0 Å². The number of carbonyl (C=O) groups is 2. The first-order valence-electron chi connectivity index (χ1n) is 8.48. The van der Waals surface area contributed by atoms with Crippen molar-refractivity contribution in [3.8, 4) is 0 Å². The second-order valence-electron chi connectivity index (χ2n) is 7.09. The van der Waals surface area contributed by atoms with Crippen LogP contribution < -0.4 is 5.32 Å². The molecule has 2 atom stereocenters. The minimum absolute atomic E-state index is 0.00693. The van der Waals surface area contributed by atoms with Gasteiger partial charge in [-0.1, -0.05) is 6.92 Å². The Kier molecular flexibility index (Phi) is 4.64. The molecular weight excluding hydrogens is 310 g/mol. The van der Waals surface area contributed by atoms with Gasteiger partial charge in [-0.25, -0.2) is 4.79 Å². The summed E-state index contributed by atoms with van der Waals surface area (Å²) in [5.74, 6) is 0.718. The Balaban J connectivity index is 1.60. The smallest absolute Gasteiger partial charge is 0.325 e. The second kappa shape index (κ2) is 6.57. The highest BCUT2D eigenvalue weighted by Crippen LogP contribution is 2.29. The normalized spacial score (nSPS) is 27.5. The summed E-state index contributed by atoms with van der Waals surface area (Å²) in [6.45, 7) is 6.21. The van der Waals surface area contributed by atoms with Crippen LogP contribution in [0.4, 0.5) is 4.79 Å². The summed E-state index contributed by atoms with van der Waals surface area (Å²) >= 11 is 0. The first-order valence-corrected chi connectivity index (χ1v) is 8.48. The van der Waals surface area contributed by atoms with Gasteiger partial charge < -0.3 is 19.7 Å². The minimum Gasteiger partial charge on any atom is -0.466 e. The fourth-order valence-electron chi connectivity index (χ4n) is 3.40. The van der Waals surface area contributed by atoms with E-state index in [2.05, 4.69) is 17.1 Å². The van der Waals surface area contributed by atoms with Crippen LogP contribution >= 0.6 is 0 Å². The topological polar surface area (TPSA) is 86.0 Å². The summed E-state index contributed by atoms with van der Waals surface area (Å²) in [6, 6.07) is 2.84. The Morgan fingerprint density at radius 1 is 1.38 bits per heavy atom. The van der Waals surface area contributed by atoms with Gasteiger partial charge in [-0.2, -0.15) is 0 Å². The molecule has 2 N–H and O–H groups in total. The van der Waals surface area contributed by atoms with Gasteiger partial charge in [0.2, 0.25) is 0 Å². The number of aliphatic hydroxyl groups excluding tert-OH is 1. The number of furan rings is 1. The number of nitrogens with zero attached hydrogens (tertiary/aromatic N) is 2. The summed E-state index contributed by atoms with van der Waals surface area (Å²) < 4.78 is 5.29. The molecule has 0 spiro atoms. The summed E-state index contributed by atoms with van der Waals surface area (Å²) in [4.78, 5) is 28.1. The molecule has 0 unspecified atom stereocenters. The Labute approximate surface area is 141 Å². The monoisotopic (exact) mass is 335 g/mol. The zero-order valence-electron chi connectivity index (χ0n) is 14.2. The van der Waals surface area contributed by atoms with E-state index in [0.29, 0.717) is 12.3 Å². The molecule has 0 saturated carbocycles. The van der Waals surface area contributed by atoms with E-state index in [1.54, 1.807) is 19.1 Å². The zero-order valence-corrected chi connectivity index (χ0v) is 14.2. The molecule has 1 aromatic heterocycles. The number of likely N-dealkylation sites (tertiary alicyclic amines) is 1. The molecule has 0 aliphatic carbocycles. The van der Waals surface area contributed by atoms with Crippen molar-refractivity contribution in [2.75, 3.05) is 26.2 Å². The van der Waals surface area contributed by atoms with Crippen LogP contribution in [-0.4, -0.2) is 59.1 Å². The number of piperidine rings is 1. The number of amides is 3. The van der Waals surface area contributed by atoms with E-state index in [4.69, 9.17) is 4.42 Å². The number of hydrogen-bond acceptors (Lipinski definition) is 5. The maximum Gasteiger partial charge on any atom is 0.325 e. The third-order valence-electron chi connectivity index (χ3n) is 5.03. The highest BCUT2D eigenvalue weighted by atomic mass is 16.3. The first-order chi connectivity index (χ1) is 11.4. The molecule has 2 saturated heterocycles. The predicted octanol–water partition coefficient (Wildman–Crippen LogP) is 1.14.